The van der Waals surface area contributed by atoms with Gasteiger partial charge in [0.25, 0.3) is 5.69 Å². The van der Waals surface area contributed by atoms with Crippen LogP contribution in [0.15, 0.2) is 48.7 Å². The highest BCUT2D eigenvalue weighted by Gasteiger charge is 2.67. The fraction of sp³-hybridized carbons (Fsp3) is 0.367. The zero-order valence-corrected chi connectivity index (χ0v) is 24.9. The number of nitrogens with one attached hydrogen (secondary N) is 2. The molecule has 1 aliphatic carbocycles. The highest BCUT2D eigenvalue weighted by atomic mass is 35.5. The van der Waals surface area contributed by atoms with E-state index in [2.05, 4.69) is 15.6 Å². The van der Waals surface area contributed by atoms with E-state index >= 15 is 4.39 Å². The number of anilines is 1. The zero-order chi connectivity index (χ0) is 31.3. The van der Waals surface area contributed by atoms with Crippen LogP contribution in [0.1, 0.15) is 45.8 Å². The van der Waals surface area contributed by atoms with Crippen molar-refractivity contribution in [3.8, 4) is 0 Å². The minimum absolute atomic E-state index is 0.0101. The van der Waals surface area contributed by atoms with E-state index in [-0.39, 0.29) is 40.0 Å². The van der Waals surface area contributed by atoms with Gasteiger partial charge >= 0.3 is 5.97 Å². The number of carbonyl (C=O) groups excluding carboxylic acids is 2. The summed E-state index contributed by atoms with van der Waals surface area (Å²) in [6.45, 7) is -0.0508. The number of esters is 1. The van der Waals surface area contributed by atoms with Gasteiger partial charge in [-0.3, -0.25) is 19.8 Å². The number of halogens is 3. The molecule has 2 aliphatic heterocycles. The molecule has 1 amide bonds. The Labute approximate surface area is 261 Å². The van der Waals surface area contributed by atoms with Crippen molar-refractivity contribution in [2.75, 3.05) is 25.6 Å². The lowest BCUT2D eigenvalue weighted by Gasteiger charge is -2.39. The van der Waals surface area contributed by atoms with Crippen molar-refractivity contribution in [3.05, 3.63) is 97.0 Å². The van der Waals surface area contributed by atoms with Gasteiger partial charge in [-0.15, -0.1) is 0 Å². The van der Waals surface area contributed by atoms with Crippen LogP contribution >= 0.6 is 23.2 Å². The number of aliphatic hydroxyl groups is 1. The van der Waals surface area contributed by atoms with Gasteiger partial charge in [-0.25, -0.2) is 14.2 Å². The van der Waals surface area contributed by atoms with Crippen LogP contribution in [0.3, 0.4) is 0 Å². The van der Waals surface area contributed by atoms with Crippen molar-refractivity contribution >= 4 is 46.5 Å². The molecule has 0 unspecified atom stereocenters. The number of aromatic nitrogens is 1. The monoisotopic (exact) mass is 643 g/mol. The van der Waals surface area contributed by atoms with Gasteiger partial charge in [0.2, 0.25) is 5.91 Å². The third-order valence-corrected chi connectivity index (χ3v) is 9.34. The molecule has 0 bridgehead atoms. The van der Waals surface area contributed by atoms with Crippen LogP contribution in [-0.2, 0) is 21.6 Å². The first-order valence-electron chi connectivity index (χ1n) is 14.0. The summed E-state index contributed by atoms with van der Waals surface area (Å²) >= 11 is 12.5. The van der Waals surface area contributed by atoms with Crippen molar-refractivity contribution < 1.29 is 28.7 Å². The van der Waals surface area contributed by atoms with Crippen LogP contribution in [0.2, 0.25) is 10.2 Å². The second-order valence-electron chi connectivity index (χ2n) is 11.2. The number of hydrogen-bond donors (Lipinski definition) is 3. The van der Waals surface area contributed by atoms with Gasteiger partial charge in [0.1, 0.15) is 5.54 Å². The number of aliphatic hydroxyl groups excluding tert-OH is 1. The van der Waals surface area contributed by atoms with E-state index in [0.717, 1.165) is 18.9 Å². The number of nitro groups is 1. The molecule has 1 aromatic heterocycles. The summed E-state index contributed by atoms with van der Waals surface area (Å²) in [7, 11) is 1.18. The summed E-state index contributed by atoms with van der Waals surface area (Å²) in [5.74, 6) is -2.64. The van der Waals surface area contributed by atoms with E-state index in [0.29, 0.717) is 22.8 Å². The Morgan fingerprint density at radius 3 is 2.73 bits per heavy atom. The number of rotatable bonds is 9. The minimum Gasteiger partial charge on any atom is -0.465 e. The maximum absolute atomic E-state index is 16.0. The molecule has 1 saturated heterocycles. The van der Waals surface area contributed by atoms with Crippen molar-refractivity contribution in [1.82, 2.24) is 15.2 Å². The van der Waals surface area contributed by atoms with E-state index in [1.54, 1.807) is 18.2 Å². The number of nitrogens with zero attached hydrogens (tertiary/aromatic N) is 3. The number of methoxy groups -OCH3 is 1. The smallest absolute Gasteiger partial charge is 0.338 e. The van der Waals surface area contributed by atoms with E-state index in [1.165, 1.54) is 31.5 Å². The van der Waals surface area contributed by atoms with Crippen molar-refractivity contribution in [1.29, 1.82) is 0 Å². The molecule has 11 nitrogen and oxygen atoms in total. The molecule has 2 aromatic carbocycles. The van der Waals surface area contributed by atoms with Gasteiger partial charge in [-0.1, -0.05) is 35.3 Å². The van der Waals surface area contributed by atoms with Crippen LogP contribution in [-0.4, -0.2) is 64.1 Å². The summed E-state index contributed by atoms with van der Waals surface area (Å²) in [6.07, 6.45) is 3.24. The van der Waals surface area contributed by atoms with Crippen LogP contribution in [0.5, 0.6) is 0 Å². The topological polar surface area (TPSA) is 147 Å². The number of carbonyl (C=O) groups is 2. The second-order valence-corrected chi connectivity index (χ2v) is 12.0. The Balaban J connectivity index is 1.51. The first kappa shape index (κ1) is 30.4. The lowest BCUT2D eigenvalue weighted by atomic mass is 9.73. The maximum Gasteiger partial charge on any atom is 0.338 e. The Morgan fingerprint density at radius 2 is 2.05 bits per heavy atom. The number of nitro benzene ring substituents is 1. The number of amides is 1. The molecule has 1 spiro atoms. The number of pyridine rings is 1. The Hall–Kier alpha value is -3.68. The first-order chi connectivity index (χ1) is 21.1. The molecular formula is C30H28Cl2FN5O6. The molecule has 14 heteroatoms. The molecule has 44 heavy (non-hydrogen) atoms. The SMILES string of the molecule is COC(=O)c1ccc(CN[C@@H]2[C@H](CO)N(CC3CC3)[C@@]3(C(=O)Nc4cc(Cl)ccc43)[C@H]2c2ccnc(Cl)c2F)c([N+](=O)[O-])c1. The minimum atomic E-state index is -1.49. The molecule has 3 heterocycles. The van der Waals surface area contributed by atoms with Crippen LogP contribution in [0.25, 0.3) is 0 Å². The third kappa shape index (κ3) is 4.90. The molecule has 3 aliphatic rings. The van der Waals surface area contributed by atoms with Crippen molar-refractivity contribution in [2.45, 2.75) is 42.9 Å². The quantitative estimate of drug-likeness (QED) is 0.134. The lowest BCUT2D eigenvalue weighted by molar-refractivity contribution is -0.385. The van der Waals surface area contributed by atoms with E-state index in [1.807, 2.05) is 4.90 Å². The molecule has 4 atom stereocenters. The number of likely N-dealkylation sites (tertiary alicyclic amines) is 1. The zero-order valence-electron chi connectivity index (χ0n) is 23.4. The number of fused-ring (bicyclic) bond motifs is 2. The van der Waals surface area contributed by atoms with E-state index in [4.69, 9.17) is 27.9 Å². The third-order valence-electron chi connectivity index (χ3n) is 8.85. The number of benzene rings is 2. The van der Waals surface area contributed by atoms with Gasteiger partial charge in [-0.05, 0) is 43.0 Å². The first-order valence-corrected chi connectivity index (χ1v) is 14.7. The van der Waals surface area contributed by atoms with Crippen LogP contribution < -0.4 is 10.6 Å². The summed E-state index contributed by atoms with van der Waals surface area (Å²) in [5.41, 5.74) is -0.412. The predicted molar refractivity (Wildman–Crippen MR) is 159 cm³/mol. The van der Waals surface area contributed by atoms with Crippen LogP contribution in [0, 0.1) is 21.8 Å². The summed E-state index contributed by atoms with van der Waals surface area (Å²) in [5, 5.41) is 29.2. The average Bonchev–Trinajstić information content (AvgIpc) is 3.73. The van der Waals surface area contributed by atoms with Gasteiger partial charge < -0.3 is 20.5 Å². The molecule has 3 aromatic rings. The van der Waals surface area contributed by atoms with Gasteiger partial charge in [0.15, 0.2) is 11.0 Å². The fourth-order valence-corrected chi connectivity index (χ4v) is 7.11. The normalized spacial score (nSPS) is 24.4. The highest BCUT2D eigenvalue weighted by molar-refractivity contribution is 6.31. The summed E-state index contributed by atoms with van der Waals surface area (Å²) in [4.78, 5) is 43.6. The van der Waals surface area contributed by atoms with E-state index < -0.39 is 52.8 Å². The standard InChI is InChI=1S/C30H28Cl2FN5O6/c1-44-28(40)16-4-5-17(22(10-16)38(42)43)12-35-26-23(14-39)37(13-15-2-3-15)30(24(26)19-8-9-34-27(32)25(19)33)20-7-6-18(31)11-21(20)36-29(30)41/h4-11,15,23-24,26,35,39H,2-3,12-14H2,1H3,(H,36,41)/t23-,24-,26+,30+/m0/s1. The van der Waals surface area contributed by atoms with Crippen LogP contribution in [0.4, 0.5) is 15.8 Å². The average molecular weight is 644 g/mol. The van der Waals surface area contributed by atoms with E-state index in [9.17, 15) is 24.8 Å². The molecule has 0 radical (unpaired) electrons. The van der Waals surface area contributed by atoms with Gasteiger partial charge in [0, 0.05) is 64.7 Å². The van der Waals surface area contributed by atoms with Crippen molar-refractivity contribution in [2.24, 2.45) is 5.92 Å². The Morgan fingerprint density at radius 1 is 1.27 bits per heavy atom. The fourth-order valence-electron chi connectivity index (χ4n) is 6.77. The number of ether oxygens (including phenoxy) is 1. The molecule has 230 valence electrons. The summed E-state index contributed by atoms with van der Waals surface area (Å²) in [6, 6.07) is 8.95. The molecular weight excluding hydrogens is 616 g/mol. The maximum atomic E-state index is 16.0. The molecule has 1 saturated carbocycles. The second kappa shape index (κ2) is 11.7. The highest BCUT2D eigenvalue weighted by Crippen LogP contribution is 2.58. The summed E-state index contributed by atoms with van der Waals surface area (Å²) < 4.78 is 20.7. The lowest BCUT2D eigenvalue weighted by Crippen LogP contribution is -2.53. The van der Waals surface area contributed by atoms with Crippen molar-refractivity contribution in [3.63, 3.8) is 0 Å². The Kier molecular flexibility index (Phi) is 8.05. The molecule has 2 fully saturated rings. The largest absolute Gasteiger partial charge is 0.465 e. The van der Waals surface area contributed by atoms with Gasteiger partial charge in [-0.2, -0.15) is 0 Å². The number of hydrogen-bond acceptors (Lipinski definition) is 9. The predicted octanol–water partition coefficient (Wildman–Crippen LogP) is 4.40. The molecule has 3 N–H and O–H groups in total. The Bertz CT molecular complexity index is 1670. The molecule has 6 rings (SSSR count). The van der Waals surface area contributed by atoms with Gasteiger partial charge in [0.05, 0.1) is 30.2 Å².